The lowest BCUT2D eigenvalue weighted by molar-refractivity contribution is -0.130. The minimum absolute atomic E-state index is 0.405. The molecule has 2 nitrogen and oxygen atoms in total. The van der Waals surface area contributed by atoms with Crippen molar-refractivity contribution in [3.63, 3.8) is 0 Å². The molecule has 2 heteroatoms. The third-order valence-corrected chi connectivity index (χ3v) is 7.38. The van der Waals surface area contributed by atoms with E-state index in [1.165, 1.54) is 55.2 Å². The van der Waals surface area contributed by atoms with Gasteiger partial charge in [-0.05, 0) is 103 Å². The van der Waals surface area contributed by atoms with Gasteiger partial charge in [0.15, 0.2) is 0 Å². The fourth-order valence-electron chi connectivity index (χ4n) is 6.69. The molecule has 0 aliphatic heterocycles. The molecule has 2 aromatic carbocycles. The second-order valence-electron chi connectivity index (χ2n) is 9.36. The van der Waals surface area contributed by atoms with E-state index < -0.39 is 5.97 Å². The Bertz CT molecular complexity index is 952. The van der Waals surface area contributed by atoms with E-state index in [1.54, 1.807) is 5.56 Å². The van der Waals surface area contributed by atoms with Crippen LogP contribution < -0.4 is 0 Å². The summed E-state index contributed by atoms with van der Waals surface area (Å²) < 4.78 is 0. The highest BCUT2D eigenvalue weighted by atomic mass is 16.4. The average molecular weight is 370 g/mol. The zero-order chi connectivity index (χ0) is 19.3. The molecule has 142 valence electrons. The number of rotatable bonds is 2. The Morgan fingerprint density at radius 2 is 1.50 bits per heavy atom. The van der Waals surface area contributed by atoms with E-state index in [-0.39, 0.29) is 0 Å². The van der Waals surface area contributed by atoms with Crippen LogP contribution in [0.4, 0.5) is 0 Å². The van der Waals surface area contributed by atoms with Crippen LogP contribution in [0.1, 0.15) is 55.2 Å². The summed E-state index contributed by atoms with van der Waals surface area (Å²) in [6.45, 7) is 2.28. The van der Waals surface area contributed by atoms with E-state index >= 15 is 0 Å². The first kappa shape index (κ1) is 17.6. The largest absolute Gasteiger partial charge is 0.472 e. The molecule has 4 saturated carbocycles. The molecule has 0 heterocycles. The zero-order valence-electron chi connectivity index (χ0n) is 16.4. The summed E-state index contributed by atoms with van der Waals surface area (Å²) in [5.41, 5.74) is 6.59. The van der Waals surface area contributed by atoms with Crippen molar-refractivity contribution >= 4 is 5.97 Å². The van der Waals surface area contributed by atoms with Gasteiger partial charge < -0.3 is 5.11 Å². The molecule has 6 rings (SSSR count). The van der Waals surface area contributed by atoms with Gasteiger partial charge in [-0.15, -0.1) is 0 Å². The van der Waals surface area contributed by atoms with Gasteiger partial charge >= 0.3 is 5.97 Å². The number of carboxylic acid groups (broad SMARTS) is 1. The summed E-state index contributed by atoms with van der Waals surface area (Å²) in [4.78, 5) is 10.6. The number of hydrogen-bond donors (Lipinski definition) is 1. The zero-order valence-corrected chi connectivity index (χ0v) is 16.4. The smallest absolute Gasteiger partial charge is 0.382 e. The maximum atomic E-state index is 10.6. The van der Waals surface area contributed by atoms with Crippen LogP contribution >= 0.6 is 0 Å². The first-order valence-corrected chi connectivity index (χ1v) is 10.5. The van der Waals surface area contributed by atoms with Gasteiger partial charge in [-0.1, -0.05) is 36.3 Å². The molecule has 0 atom stereocenters. The number of carbonyl (C=O) groups is 1. The third-order valence-electron chi connectivity index (χ3n) is 7.38. The highest BCUT2D eigenvalue weighted by molar-refractivity contribution is 5.87. The van der Waals surface area contributed by atoms with Crippen molar-refractivity contribution in [1.82, 2.24) is 0 Å². The Balaban J connectivity index is 1.49. The van der Waals surface area contributed by atoms with Crippen LogP contribution in [0.3, 0.4) is 0 Å². The second-order valence-corrected chi connectivity index (χ2v) is 9.36. The van der Waals surface area contributed by atoms with Crippen molar-refractivity contribution in [2.45, 2.75) is 50.9 Å². The van der Waals surface area contributed by atoms with Crippen molar-refractivity contribution < 1.29 is 9.90 Å². The maximum absolute atomic E-state index is 10.6. The molecule has 4 aliphatic carbocycles. The summed E-state index contributed by atoms with van der Waals surface area (Å²) in [5, 5.41) is 8.71. The normalized spacial score (nSPS) is 30.0. The number of hydrogen-bond acceptors (Lipinski definition) is 1. The van der Waals surface area contributed by atoms with Crippen LogP contribution in [0.5, 0.6) is 0 Å². The third kappa shape index (κ3) is 3.04. The molecule has 0 unspecified atom stereocenters. The Morgan fingerprint density at radius 1 is 0.929 bits per heavy atom. The lowest BCUT2D eigenvalue weighted by Crippen LogP contribution is -2.48. The van der Waals surface area contributed by atoms with Gasteiger partial charge in [0.1, 0.15) is 0 Å². The average Bonchev–Trinajstić information content (AvgIpc) is 2.66. The summed E-state index contributed by atoms with van der Waals surface area (Å²) in [5.74, 6) is 6.60. The van der Waals surface area contributed by atoms with E-state index in [2.05, 4.69) is 49.1 Å². The minimum atomic E-state index is -1.09. The van der Waals surface area contributed by atoms with Crippen LogP contribution in [0.25, 0.3) is 11.1 Å². The molecule has 2 aromatic rings. The van der Waals surface area contributed by atoms with Gasteiger partial charge in [-0.3, -0.25) is 0 Å². The summed E-state index contributed by atoms with van der Waals surface area (Å²) in [6.07, 6.45) is 8.55. The van der Waals surface area contributed by atoms with E-state index in [9.17, 15) is 4.79 Å². The van der Waals surface area contributed by atoms with Gasteiger partial charge in [0.25, 0.3) is 0 Å². The molecule has 0 aromatic heterocycles. The Kier molecular flexibility index (Phi) is 4.09. The van der Waals surface area contributed by atoms with Crippen molar-refractivity contribution in [2.24, 2.45) is 17.8 Å². The molecule has 0 spiro atoms. The van der Waals surface area contributed by atoms with Crippen molar-refractivity contribution in [3.05, 3.63) is 59.2 Å². The number of aryl methyl sites for hydroxylation is 1. The van der Waals surface area contributed by atoms with E-state index in [1.807, 2.05) is 12.1 Å². The standard InChI is InChI=1S/C26H26O2/c1-17-2-6-23(22-7-3-18(4-8-22)5-9-25(27)28)13-24(17)26-14-19-10-20(15-26)12-21(11-19)16-26/h2-4,6-8,13,19-21H,10-12,14-16H2,1H3,(H,27,28). The molecule has 28 heavy (non-hydrogen) atoms. The van der Waals surface area contributed by atoms with Gasteiger partial charge in [0.2, 0.25) is 0 Å². The van der Waals surface area contributed by atoms with Gasteiger partial charge in [0.05, 0.1) is 0 Å². The lowest BCUT2D eigenvalue weighted by atomic mass is 9.47. The topological polar surface area (TPSA) is 37.3 Å². The number of aliphatic carboxylic acids is 1. The molecule has 4 bridgehead atoms. The first-order chi connectivity index (χ1) is 13.5. The monoisotopic (exact) mass is 370 g/mol. The Hall–Kier alpha value is -2.53. The number of benzene rings is 2. The quantitative estimate of drug-likeness (QED) is 0.702. The SMILES string of the molecule is Cc1ccc(-c2ccc(C#CC(=O)O)cc2)cc1C12CC3CC(CC(C3)C1)C2. The van der Waals surface area contributed by atoms with Crippen LogP contribution in [0.2, 0.25) is 0 Å². The number of carboxylic acids is 1. The predicted molar refractivity (Wildman–Crippen MR) is 111 cm³/mol. The van der Waals surface area contributed by atoms with Gasteiger partial charge in [-0.2, -0.15) is 0 Å². The summed E-state index contributed by atoms with van der Waals surface area (Å²) in [6, 6.07) is 14.9. The van der Waals surface area contributed by atoms with Crippen molar-refractivity contribution in [3.8, 4) is 23.0 Å². The molecule has 0 amide bonds. The van der Waals surface area contributed by atoms with Crippen LogP contribution in [0, 0.1) is 36.5 Å². The van der Waals surface area contributed by atoms with E-state index in [4.69, 9.17) is 5.11 Å². The highest BCUT2D eigenvalue weighted by Crippen LogP contribution is 2.61. The Morgan fingerprint density at radius 3 is 2.07 bits per heavy atom. The van der Waals surface area contributed by atoms with Crippen molar-refractivity contribution in [1.29, 1.82) is 0 Å². The van der Waals surface area contributed by atoms with Gasteiger partial charge in [-0.25, -0.2) is 4.79 Å². The molecule has 0 radical (unpaired) electrons. The molecular weight excluding hydrogens is 344 g/mol. The minimum Gasteiger partial charge on any atom is -0.472 e. The predicted octanol–water partition coefficient (Wildman–Crippen LogP) is 5.57. The fourth-order valence-corrected chi connectivity index (χ4v) is 6.69. The Labute approximate surface area is 167 Å². The summed E-state index contributed by atoms with van der Waals surface area (Å²) in [7, 11) is 0. The van der Waals surface area contributed by atoms with Crippen LogP contribution in [-0.4, -0.2) is 11.1 Å². The first-order valence-electron chi connectivity index (χ1n) is 10.5. The van der Waals surface area contributed by atoms with E-state index in [0.717, 1.165) is 23.3 Å². The molecular formula is C26H26O2. The van der Waals surface area contributed by atoms with Gasteiger partial charge in [0, 0.05) is 11.5 Å². The fraction of sp³-hybridized carbons (Fsp3) is 0.423. The molecule has 4 fully saturated rings. The van der Waals surface area contributed by atoms with E-state index in [0.29, 0.717) is 5.41 Å². The molecule has 0 saturated heterocycles. The lowest BCUT2D eigenvalue weighted by Gasteiger charge is -2.57. The highest BCUT2D eigenvalue weighted by Gasteiger charge is 2.51. The van der Waals surface area contributed by atoms with Crippen molar-refractivity contribution in [2.75, 3.05) is 0 Å². The van der Waals surface area contributed by atoms with Crippen LogP contribution in [0.15, 0.2) is 42.5 Å². The van der Waals surface area contributed by atoms with Crippen LogP contribution in [-0.2, 0) is 10.2 Å². The summed E-state index contributed by atoms with van der Waals surface area (Å²) >= 11 is 0. The molecule has 4 aliphatic rings. The molecule has 1 N–H and O–H groups in total. The maximum Gasteiger partial charge on any atom is 0.382 e. The second kappa shape index (κ2) is 6.52.